The second kappa shape index (κ2) is 10.1. The molecule has 0 aliphatic carbocycles. The Bertz CT molecular complexity index is 1500. The summed E-state index contributed by atoms with van der Waals surface area (Å²) in [6.07, 6.45) is 1.64. The first-order valence-corrected chi connectivity index (χ1v) is 11.5. The van der Waals surface area contributed by atoms with Crippen LogP contribution in [-0.4, -0.2) is 34.8 Å². The molecule has 0 fully saturated rings. The molecule has 1 atom stereocenters. The minimum atomic E-state index is -1.10. The lowest BCUT2D eigenvalue weighted by Gasteiger charge is -2.24. The number of halogens is 1. The van der Waals surface area contributed by atoms with Gasteiger partial charge in [0.2, 0.25) is 0 Å². The number of allylic oxidation sites excluding steroid dienone is 1. The number of nitrogens with zero attached hydrogens (tertiary/aromatic N) is 2. The Hall–Kier alpha value is -4.05. The molecule has 1 aliphatic rings. The zero-order chi connectivity index (χ0) is 25.1. The molecule has 8 nitrogen and oxygen atoms in total. The van der Waals surface area contributed by atoms with Crippen LogP contribution in [0.15, 0.2) is 69.6 Å². The fourth-order valence-electron chi connectivity index (χ4n) is 3.74. The van der Waals surface area contributed by atoms with Crippen molar-refractivity contribution in [1.29, 1.82) is 0 Å². The summed E-state index contributed by atoms with van der Waals surface area (Å²) in [5, 5.41) is 8.82. The van der Waals surface area contributed by atoms with Gasteiger partial charge in [-0.1, -0.05) is 35.6 Å². The number of carbonyl (C=O) groups is 2. The number of hydrogen-bond acceptors (Lipinski definition) is 7. The van der Waals surface area contributed by atoms with Crippen LogP contribution in [0.1, 0.15) is 31.0 Å². The van der Waals surface area contributed by atoms with Gasteiger partial charge >= 0.3 is 11.9 Å². The van der Waals surface area contributed by atoms with E-state index in [9.17, 15) is 18.8 Å². The number of carbonyl (C=O) groups excluding carboxylic acids is 1. The molecule has 4 rings (SSSR count). The van der Waals surface area contributed by atoms with Crippen LogP contribution in [0.25, 0.3) is 6.08 Å². The number of benzene rings is 2. The zero-order valence-electron chi connectivity index (χ0n) is 18.9. The van der Waals surface area contributed by atoms with Crippen LogP contribution in [0.4, 0.5) is 4.39 Å². The smallest absolute Gasteiger partial charge is 0.341 e. The lowest BCUT2D eigenvalue weighted by Crippen LogP contribution is -2.39. The van der Waals surface area contributed by atoms with E-state index < -0.39 is 30.4 Å². The van der Waals surface area contributed by atoms with Crippen LogP contribution in [-0.2, 0) is 14.3 Å². The molecule has 1 aromatic heterocycles. The summed E-state index contributed by atoms with van der Waals surface area (Å²) in [4.78, 5) is 42.0. The van der Waals surface area contributed by atoms with Crippen LogP contribution in [0.3, 0.4) is 0 Å². The number of fused-ring (bicyclic) bond motifs is 1. The number of aromatic nitrogens is 1. The summed E-state index contributed by atoms with van der Waals surface area (Å²) in [5.74, 6) is -1.79. The summed E-state index contributed by atoms with van der Waals surface area (Å²) in [6.45, 7) is 3.02. The molecule has 3 aromatic rings. The third-order valence-corrected chi connectivity index (χ3v) is 6.20. The number of aliphatic carboxylic acids is 1. The average molecular weight is 497 g/mol. The van der Waals surface area contributed by atoms with E-state index >= 15 is 0 Å². The maximum absolute atomic E-state index is 13.6. The fraction of sp³-hybridized carbons (Fsp3) is 0.200. The van der Waals surface area contributed by atoms with Gasteiger partial charge in [-0.25, -0.2) is 19.0 Å². The quantitative estimate of drug-likeness (QED) is 0.504. The third kappa shape index (κ3) is 5.07. The number of hydrogen-bond donors (Lipinski definition) is 1. The standard InChI is InChI=1S/C25H21FN2O6S/c1-3-33-24(32)21-14(2)27-25-28(22(21)16-7-9-17(26)10-8-16)23(31)19(35-25)12-15-5-4-6-18(11-15)34-13-20(29)30/h4-12,22H,3,13H2,1-2H3,(H,29,30)/b19-12+/t22-/m0/s1. The van der Waals surface area contributed by atoms with Gasteiger partial charge in [-0.15, -0.1) is 0 Å². The summed E-state index contributed by atoms with van der Waals surface area (Å²) < 4.78 is 25.8. The molecule has 0 radical (unpaired) electrons. The normalized spacial score (nSPS) is 15.4. The highest BCUT2D eigenvalue weighted by molar-refractivity contribution is 7.07. The van der Waals surface area contributed by atoms with Gasteiger partial charge < -0.3 is 14.6 Å². The maximum atomic E-state index is 13.6. The lowest BCUT2D eigenvalue weighted by atomic mass is 9.96. The van der Waals surface area contributed by atoms with Crippen molar-refractivity contribution >= 4 is 29.4 Å². The van der Waals surface area contributed by atoms with Crippen LogP contribution in [0, 0.1) is 5.82 Å². The van der Waals surface area contributed by atoms with E-state index in [4.69, 9.17) is 14.6 Å². The monoisotopic (exact) mass is 496 g/mol. The number of thiazole rings is 1. The number of carboxylic acid groups (broad SMARTS) is 1. The minimum Gasteiger partial charge on any atom is -0.482 e. The van der Waals surface area contributed by atoms with Gasteiger partial charge in [-0.05, 0) is 55.3 Å². The Morgan fingerprint density at radius 1 is 1.23 bits per heavy atom. The molecule has 0 unspecified atom stereocenters. The van der Waals surface area contributed by atoms with Crippen molar-refractivity contribution in [3.05, 3.63) is 96.4 Å². The van der Waals surface area contributed by atoms with Crippen molar-refractivity contribution in [2.75, 3.05) is 13.2 Å². The van der Waals surface area contributed by atoms with Crippen LogP contribution in [0.5, 0.6) is 5.75 Å². The fourth-order valence-corrected chi connectivity index (χ4v) is 4.79. The van der Waals surface area contributed by atoms with Crippen molar-refractivity contribution in [3.8, 4) is 5.75 Å². The van der Waals surface area contributed by atoms with Crippen molar-refractivity contribution in [3.63, 3.8) is 0 Å². The number of ether oxygens (including phenoxy) is 2. The Morgan fingerprint density at radius 3 is 2.66 bits per heavy atom. The molecule has 1 aliphatic heterocycles. The topological polar surface area (TPSA) is 107 Å². The van der Waals surface area contributed by atoms with E-state index in [1.165, 1.54) is 28.8 Å². The second-order valence-electron chi connectivity index (χ2n) is 7.61. The van der Waals surface area contributed by atoms with E-state index in [-0.39, 0.29) is 17.7 Å². The molecule has 0 amide bonds. The molecule has 0 saturated heterocycles. The van der Waals surface area contributed by atoms with Gasteiger partial charge in [0.15, 0.2) is 11.4 Å². The molecule has 0 saturated carbocycles. The average Bonchev–Trinajstić information content (AvgIpc) is 3.12. The first-order valence-electron chi connectivity index (χ1n) is 10.7. The molecule has 2 aromatic carbocycles. The van der Waals surface area contributed by atoms with Crippen molar-refractivity contribution < 1.29 is 28.6 Å². The molecular formula is C25H21FN2O6S. The molecule has 35 heavy (non-hydrogen) atoms. The van der Waals surface area contributed by atoms with Crippen LogP contribution >= 0.6 is 11.3 Å². The van der Waals surface area contributed by atoms with Gasteiger partial charge in [-0.3, -0.25) is 9.36 Å². The van der Waals surface area contributed by atoms with Crippen molar-refractivity contribution in [1.82, 2.24) is 4.57 Å². The predicted molar refractivity (Wildman–Crippen MR) is 126 cm³/mol. The highest BCUT2D eigenvalue weighted by atomic mass is 32.1. The maximum Gasteiger partial charge on any atom is 0.341 e. The van der Waals surface area contributed by atoms with Crippen molar-refractivity contribution in [2.45, 2.75) is 19.9 Å². The summed E-state index contributed by atoms with van der Waals surface area (Å²) in [6, 6.07) is 11.4. The van der Waals surface area contributed by atoms with E-state index in [2.05, 4.69) is 4.99 Å². The predicted octanol–water partition coefficient (Wildman–Crippen LogP) is 2.40. The Labute approximate surface area is 202 Å². The van der Waals surface area contributed by atoms with E-state index in [0.29, 0.717) is 31.9 Å². The van der Waals surface area contributed by atoms with Gasteiger partial charge in [0.25, 0.3) is 5.56 Å². The minimum absolute atomic E-state index is 0.149. The lowest BCUT2D eigenvalue weighted by molar-refractivity contribution is -0.140. The molecule has 1 N–H and O–H groups in total. The number of carboxylic acids is 1. The summed E-state index contributed by atoms with van der Waals surface area (Å²) in [7, 11) is 0. The Kier molecular flexibility index (Phi) is 6.92. The van der Waals surface area contributed by atoms with Gasteiger partial charge in [0, 0.05) is 0 Å². The highest BCUT2D eigenvalue weighted by Crippen LogP contribution is 2.30. The summed E-state index contributed by atoms with van der Waals surface area (Å²) in [5.41, 5.74) is 1.41. The van der Waals surface area contributed by atoms with Crippen molar-refractivity contribution in [2.24, 2.45) is 4.99 Å². The van der Waals surface area contributed by atoms with E-state index in [0.717, 1.165) is 11.3 Å². The van der Waals surface area contributed by atoms with E-state index in [1.54, 1.807) is 44.2 Å². The zero-order valence-corrected chi connectivity index (χ0v) is 19.7. The molecule has 0 bridgehead atoms. The SMILES string of the molecule is CCOC(=O)C1=C(C)N=c2s/c(=C/c3cccc(OCC(=O)O)c3)c(=O)n2[C@H]1c1ccc(F)cc1. The van der Waals surface area contributed by atoms with Gasteiger partial charge in [0.1, 0.15) is 11.6 Å². The summed E-state index contributed by atoms with van der Waals surface area (Å²) >= 11 is 1.15. The Balaban J connectivity index is 1.85. The highest BCUT2D eigenvalue weighted by Gasteiger charge is 2.33. The van der Waals surface area contributed by atoms with Crippen LogP contribution in [0.2, 0.25) is 0 Å². The first-order chi connectivity index (χ1) is 16.8. The van der Waals surface area contributed by atoms with Gasteiger partial charge in [-0.2, -0.15) is 0 Å². The Morgan fingerprint density at radius 2 is 1.97 bits per heavy atom. The molecule has 0 spiro atoms. The molecule has 2 heterocycles. The third-order valence-electron chi connectivity index (χ3n) is 5.22. The second-order valence-corrected chi connectivity index (χ2v) is 8.62. The largest absolute Gasteiger partial charge is 0.482 e. The van der Waals surface area contributed by atoms with Crippen LogP contribution < -0.4 is 19.6 Å². The first kappa shape index (κ1) is 24.1. The van der Waals surface area contributed by atoms with Gasteiger partial charge in [0.05, 0.1) is 28.5 Å². The number of rotatable bonds is 7. The molecular weight excluding hydrogens is 475 g/mol. The number of esters is 1. The molecule has 180 valence electrons. The molecule has 10 heteroatoms. The van der Waals surface area contributed by atoms with E-state index in [1.807, 2.05) is 0 Å².